The van der Waals surface area contributed by atoms with Gasteiger partial charge >= 0.3 is 0 Å². The van der Waals surface area contributed by atoms with E-state index in [0.29, 0.717) is 12.0 Å². The molecule has 16 heavy (non-hydrogen) atoms. The average Bonchev–Trinajstić information content (AvgIpc) is 2.82. The molecular weight excluding hydrogens is 202 g/mol. The molecule has 0 aliphatic carbocycles. The number of pyridine rings is 1. The maximum Gasteiger partial charge on any atom is 0.223 e. The van der Waals surface area contributed by atoms with Crippen molar-refractivity contribution in [2.75, 3.05) is 18.4 Å². The van der Waals surface area contributed by atoms with Gasteiger partial charge in [0, 0.05) is 30.4 Å². The zero-order valence-electron chi connectivity index (χ0n) is 8.85. The van der Waals surface area contributed by atoms with E-state index >= 15 is 0 Å². The molecule has 2 aromatic heterocycles. The molecule has 0 bridgehead atoms. The highest BCUT2D eigenvalue weighted by molar-refractivity contribution is 5.77. The zero-order valence-corrected chi connectivity index (χ0v) is 8.85. The van der Waals surface area contributed by atoms with Crippen LogP contribution in [-0.2, 0) is 0 Å². The summed E-state index contributed by atoms with van der Waals surface area (Å²) in [5.74, 6) is 0.689. The lowest BCUT2D eigenvalue weighted by atomic mass is 10.3. The number of fused-ring (bicyclic) bond motifs is 1. The van der Waals surface area contributed by atoms with Crippen LogP contribution >= 0.6 is 0 Å². The summed E-state index contributed by atoms with van der Waals surface area (Å²) in [6, 6.07) is 2.35. The van der Waals surface area contributed by atoms with Crippen LogP contribution in [0.4, 0.5) is 5.95 Å². The van der Waals surface area contributed by atoms with Crippen LogP contribution in [0.3, 0.4) is 0 Å². The van der Waals surface area contributed by atoms with Gasteiger partial charge in [-0.1, -0.05) is 0 Å². The maximum absolute atomic E-state index is 4.43. The molecule has 3 heterocycles. The Bertz CT molecular complexity index is 492. The Morgan fingerprint density at radius 1 is 1.38 bits per heavy atom. The standard InChI is InChI=1S/C11H13N5/c1-3-13-7-10-8(1)5-14-11(16-10)15-9-2-4-12-6-9/h1,3,5,7,9,12H,2,4,6H2,(H,14,15,16)/t9-/m1/s1. The van der Waals surface area contributed by atoms with Crippen LogP contribution in [0.15, 0.2) is 24.7 Å². The molecule has 1 atom stereocenters. The van der Waals surface area contributed by atoms with Gasteiger partial charge in [-0.3, -0.25) is 4.98 Å². The first kappa shape index (κ1) is 9.47. The van der Waals surface area contributed by atoms with E-state index in [-0.39, 0.29) is 0 Å². The molecule has 5 heteroatoms. The average molecular weight is 215 g/mol. The number of nitrogens with zero attached hydrogens (tertiary/aromatic N) is 3. The lowest BCUT2D eigenvalue weighted by Crippen LogP contribution is -2.23. The summed E-state index contributed by atoms with van der Waals surface area (Å²) in [7, 11) is 0. The first-order chi connectivity index (χ1) is 7.92. The van der Waals surface area contributed by atoms with Crippen LogP contribution in [0.5, 0.6) is 0 Å². The molecule has 1 aliphatic rings. The van der Waals surface area contributed by atoms with Gasteiger partial charge in [0.05, 0.1) is 11.7 Å². The third-order valence-electron chi connectivity index (χ3n) is 2.78. The fraction of sp³-hybridized carbons (Fsp3) is 0.364. The van der Waals surface area contributed by atoms with Crippen LogP contribution in [-0.4, -0.2) is 34.1 Å². The molecule has 2 N–H and O–H groups in total. The molecule has 0 amide bonds. The molecule has 0 saturated carbocycles. The minimum atomic E-state index is 0.439. The second-order valence-electron chi connectivity index (χ2n) is 3.96. The minimum Gasteiger partial charge on any atom is -0.350 e. The number of aromatic nitrogens is 3. The zero-order chi connectivity index (χ0) is 10.8. The Hall–Kier alpha value is -1.75. The van der Waals surface area contributed by atoms with Crippen molar-refractivity contribution in [2.24, 2.45) is 0 Å². The first-order valence-electron chi connectivity index (χ1n) is 5.46. The summed E-state index contributed by atoms with van der Waals surface area (Å²) < 4.78 is 0. The van der Waals surface area contributed by atoms with Crippen molar-refractivity contribution >= 4 is 16.9 Å². The topological polar surface area (TPSA) is 62.7 Å². The SMILES string of the molecule is c1cc2cnc(N[C@@H]3CCNC3)nc2cn1. The Kier molecular flexibility index (Phi) is 2.38. The molecule has 3 rings (SSSR count). The highest BCUT2D eigenvalue weighted by Gasteiger charge is 2.14. The van der Waals surface area contributed by atoms with Crippen molar-refractivity contribution in [3.8, 4) is 0 Å². The van der Waals surface area contributed by atoms with Gasteiger partial charge in [-0.15, -0.1) is 0 Å². The van der Waals surface area contributed by atoms with Crippen LogP contribution in [0.1, 0.15) is 6.42 Å². The molecule has 0 aromatic carbocycles. The van der Waals surface area contributed by atoms with Gasteiger partial charge in [0.2, 0.25) is 5.95 Å². The molecule has 5 nitrogen and oxygen atoms in total. The largest absolute Gasteiger partial charge is 0.350 e. The van der Waals surface area contributed by atoms with Crippen LogP contribution < -0.4 is 10.6 Å². The van der Waals surface area contributed by atoms with Gasteiger partial charge in [-0.05, 0) is 19.0 Å². The quantitative estimate of drug-likeness (QED) is 0.775. The third-order valence-corrected chi connectivity index (χ3v) is 2.78. The van der Waals surface area contributed by atoms with Crippen molar-refractivity contribution in [2.45, 2.75) is 12.5 Å². The fourth-order valence-corrected chi connectivity index (χ4v) is 1.90. The van der Waals surface area contributed by atoms with Crippen LogP contribution in [0.25, 0.3) is 10.9 Å². The highest BCUT2D eigenvalue weighted by Crippen LogP contribution is 2.12. The maximum atomic E-state index is 4.43. The van der Waals surface area contributed by atoms with E-state index in [1.165, 1.54) is 0 Å². The Morgan fingerprint density at radius 2 is 2.38 bits per heavy atom. The molecule has 0 spiro atoms. The monoisotopic (exact) mass is 215 g/mol. The van der Waals surface area contributed by atoms with Crippen molar-refractivity contribution in [1.82, 2.24) is 20.3 Å². The molecular formula is C11H13N5. The van der Waals surface area contributed by atoms with E-state index < -0.39 is 0 Å². The van der Waals surface area contributed by atoms with Gasteiger partial charge in [-0.25, -0.2) is 9.97 Å². The normalized spacial score (nSPS) is 20.1. The van der Waals surface area contributed by atoms with Crippen molar-refractivity contribution in [3.63, 3.8) is 0 Å². The van der Waals surface area contributed by atoms with E-state index in [9.17, 15) is 0 Å². The predicted octanol–water partition coefficient (Wildman–Crippen LogP) is 0.799. The van der Waals surface area contributed by atoms with E-state index in [0.717, 1.165) is 30.4 Å². The fourth-order valence-electron chi connectivity index (χ4n) is 1.90. The molecule has 1 aliphatic heterocycles. The molecule has 1 fully saturated rings. The first-order valence-corrected chi connectivity index (χ1v) is 5.46. The van der Waals surface area contributed by atoms with Crippen molar-refractivity contribution in [3.05, 3.63) is 24.7 Å². The van der Waals surface area contributed by atoms with E-state index in [4.69, 9.17) is 0 Å². The summed E-state index contributed by atoms with van der Waals surface area (Å²) in [6.07, 6.45) is 6.46. The highest BCUT2D eigenvalue weighted by atomic mass is 15.1. The van der Waals surface area contributed by atoms with E-state index in [1.54, 1.807) is 12.4 Å². The summed E-state index contributed by atoms with van der Waals surface area (Å²) in [6.45, 7) is 2.04. The Morgan fingerprint density at radius 3 is 3.25 bits per heavy atom. The minimum absolute atomic E-state index is 0.439. The van der Waals surface area contributed by atoms with Gasteiger partial charge < -0.3 is 10.6 Å². The summed E-state index contributed by atoms with van der Waals surface area (Å²) >= 11 is 0. The van der Waals surface area contributed by atoms with Gasteiger partial charge in [0.1, 0.15) is 0 Å². The Balaban J connectivity index is 1.86. The second kappa shape index (κ2) is 4.02. The lowest BCUT2D eigenvalue weighted by molar-refractivity contribution is 0.782. The smallest absolute Gasteiger partial charge is 0.223 e. The van der Waals surface area contributed by atoms with E-state index in [1.807, 2.05) is 12.3 Å². The number of hydrogen-bond donors (Lipinski definition) is 2. The Labute approximate surface area is 93.3 Å². The number of nitrogens with one attached hydrogen (secondary N) is 2. The van der Waals surface area contributed by atoms with Gasteiger partial charge in [0.15, 0.2) is 0 Å². The van der Waals surface area contributed by atoms with E-state index in [2.05, 4.69) is 25.6 Å². The number of rotatable bonds is 2. The summed E-state index contributed by atoms with van der Waals surface area (Å²) in [5.41, 5.74) is 0.881. The lowest BCUT2D eigenvalue weighted by Gasteiger charge is -2.10. The van der Waals surface area contributed by atoms with Crippen LogP contribution in [0, 0.1) is 0 Å². The van der Waals surface area contributed by atoms with Gasteiger partial charge in [0.25, 0.3) is 0 Å². The second-order valence-corrected chi connectivity index (χ2v) is 3.96. The van der Waals surface area contributed by atoms with Gasteiger partial charge in [-0.2, -0.15) is 0 Å². The molecule has 82 valence electrons. The third kappa shape index (κ3) is 1.81. The van der Waals surface area contributed by atoms with Crippen LogP contribution in [0.2, 0.25) is 0 Å². The summed E-state index contributed by atoms with van der Waals surface area (Å²) in [5, 5.41) is 7.64. The summed E-state index contributed by atoms with van der Waals surface area (Å²) in [4.78, 5) is 12.8. The molecule has 0 unspecified atom stereocenters. The molecule has 1 saturated heterocycles. The number of anilines is 1. The molecule has 2 aromatic rings. The molecule has 0 radical (unpaired) electrons. The van der Waals surface area contributed by atoms with Crippen molar-refractivity contribution in [1.29, 1.82) is 0 Å². The van der Waals surface area contributed by atoms with Crippen molar-refractivity contribution < 1.29 is 0 Å². The predicted molar refractivity (Wildman–Crippen MR) is 62.2 cm³/mol. The number of hydrogen-bond acceptors (Lipinski definition) is 5.